The number of rotatable bonds is 4. The highest BCUT2D eigenvalue weighted by atomic mass is 16.3. The van der Waals surface area contributed by atoms with E-state index in [4.69, 9.17) is 0 Å². The van der Waals surface area contributed by atoms with Crippen LogP contribution in [0.1, 0.15) is 13.3 Å². The third-order valence-corrected chi connectivity index (χ3v) is 2.88. The van der Waals surface area contributed by atoms with Crippen LogP contribution >= 0.6 is 0 Å². The van der Waals surface area contributed by atoms with Gasteiger partial charge in [-0.2, -0.15) is 0 Å². The van der Waals surface area contributed by atoms with Crippen LogP contribution in [0.25, 0.3) is 0 Å². The highest BCUT2D eigenvalue weighted by Gasteiger charge is 2.14. The van der Waals surface area contributed by atoms with E-state index in [0.29, 0.717) is 5.69 Å². The Kier molecular flexibility index (Phi) is 3.80. The average Bonchev–Trinajstić information content (AvgIpc) is 2.42. The van der Waals surface area contributed by atoms with Gasteiger partial charge in [0, 0.05) is 30.1 Å². The minimum Gasteiger partial charge on any atom is -0.504 e. The molecule has 2 aromatic carbocycles. The second-order valence-corrected chi connectivity index (χ2v) is 4.32. The van der Waals surface area contributed by atoms with Gasteiger partial charge in [0.05, 0.1) is 0 Å². The van der Waals surface area contributed by atoms with Crippen molar-refractivity contribution >= 4 is 11.4 Å². The molecular weight excluding hydrogens is 242 g/mol. The van der Waals surface area contributed by atoms with Crippen LogP contribution in [0.3, 0.4) is 0 Å². The van der Waals surface area contributed by atoms with Crippen LogP contribution in [0.2, 0.25) is 0 Å². The summed E-state index contributed by atoms with van der Waals surface area (Å²) in [5.41, 5.74) is 1.61. The number of phenolic OH excluding ortho intramolecular Hbond substituents is 3. The zero-order valence-electron chi connectivity index (χ0n) is 10.7. The zero-order chi connectivity index (χ0) is 13.8. The van der Waals surface area contributed by atoms with Crippen molar-refractivity contribution < 1.29 is 15.3 Å². The fraction of sp³-hybridized carbons (Fsp3) is 0.200. The summed E-state index contributed by atoms with van der Waals surface area (Å²) in [5, 5.41) is 28.6. The maximum atomic E-state index is 9.61. The number of para-hydroxylation sites is 1. The molecule has 0 heterocycles. The molecule has 2 rings (SSSR count). The lowest BCUT2D eigenvalue weighted by atomic mass is 10.2. The highest BCUT2D eigenvalue weighted by Crippen LogP contribution is 2.40. The van der Waals surface area contributed by atoms with Crippen LogP contribution in [0.5, 0.6) is 17.2 Å². The number of hydrogen-bond donors (Lipinski definition) is 3. The van der Waals surface area contributed by atoms with Crippen LogP contribution in [0.4, 0.5) is 11.4 Å². The van der Waals surface area contributed by atoms with Gasteiger partial charge >= 0.3 is 0 Å². The minimum absolute atomic E-state index is 0.327. The number of anilines is 2. The maximum absolute atomic E-state index is 9.61. The Hall–Kier alpha value is -2.36. The van der Waals surface area contributed by atoms with E-state index in [-0.39, 0.29) is 11.5 Å². The number of phenols is 3. The number of benzene rings is 2. The molecule has 0 aliphatic carbocycles. The summed E-state index contributed by atoms with van der Waals surface area (Å²) < 4.78 is 0. The molecular formula is C15H17NO3. The van der Waals surface area contributed by atoms with Gasteiger partial charge in [-0.05, 0) is 18.6 Å². The van der Waals surface area contributed by atoms with E-state index in [9.17, 15) is 15.3 Å². The van der Waals surface area contributed by atoms with Crippen molar-refractivity contribution in [2.24, 2.45) is 0 Å². The van der Waals surface area contributed by atoms with Crippen LogP contribution in [0, 0.1) is 0 Å². The van der Waals surface area contributed by atoms with Gasteiger partial charge in [-0.3, -0.25) is 0 Å². The number of hydrogen-bond acceptors (Lipinski definition) is 4. The Morgan fingerprint density at radius 1 is 0.895 bits per heavy atom. The summed E-state index contributed by atoms with van der Waals surface area (Å²) >= 11 is 0. The SMILES string of the molecule is CCCN(c1ccccc1)c1cc(O)c(O)c(O)c1. The predicted octanol–water partition coefficient (Wildman–Crippen LogP) is 3.35. The smallest absolute Gasteiger partial charge is 0.200 e. The predicted molar refractivity (Wildman–Crippen MR) is 75.2 cm³/mol. The lowest BCUT2D eigenvalue weighted by Crippen LogP contribution is -2.17. The fourth-order valence-corrected chi connectivity index (χ4v) is 1.98. The first-order chi connectivity index (χ1) is 9.13. The van der Waals surface area contributed by atoms with Gasteiger partial charge in [-0.1, -0.05) is 25.1 Å². The zero-order valence-corrected chi connectivity index (χ0v) is 10.7. The Bertz CT molecular complexity index is 532. The monoisotopic (exact) mass is 259 g/mol. The molecule has 0 saturated heterocycles. The van der Waals surface area contributed by atoms with Crippen molar-refractivity contribution in [1.82, 2.24) is 0 Å². The highest BCUT2D eigenvalue weighted by molar-refractivity contribution is 5.69. The Balaban J connectivity index is 2.45. The second kappa shape index (κ2) is 5.52. The molecule has 2 aromatic rings. The lowest BCUT2D eigenvalue weighted by molar-refractivity contribution is 0.368. The molecule has 4 nitrogen and oxygen atoms in total. The van der Waals surface area contributed by atoms with E-state index in [1.165, 1.54) is 12.1 Å². The number of nitrogens with zero attached hydrogens (tertiary/aromatic N) is 1. The van der Waals surface area contributed by atoms with Gasteiger partial charge in [0.15, 0.2) is 17.2 Å². The van der Waals surface area contributed by atoms with Gasteiger partial charge in [-0.15, -0.1) is 0 Å². The molecule has 0 radical (unpaired) electrons. The normalized spacial score (nSPS) is 10.4. The van der Waals surface area contributed by atoms with Crippen LogP contribution in [-0.4, -0.2) is 21.9 Å². The van der Waals surface area contributed by atoms with Crippen molar-refractivity contribution in [3.63, 3.8) is 0 Å². The largest absolute Gasteiger partial charge is 0.504 e. The van der Waals surface area contributed by atoms with E-state index in [1.54, 1.807) is 0 Å². The van der Waals surface area contributed by atoms with Crippen molar-refractivity contribution in [1.29, 1.82) is 0 Å². The molecule has 3 N–H and O–H groups in total. The summed E-state index contributed by atoms with van der Waals surface area (Å²) in [6.07, 6.45) is 0.914. The molecule has 0 fully saturated rings. The second-order valence-electron chi connectivity index (χ2n) is 4.32. The molecule has 0 spiro atoms. The van der Waals surface area contributed by atoms with Gasteiger partial charge in [0.25, 0.3) is 0 Å². The molecule has 0 unspecified atom stereocenters. The molecule has 0 aromatic heterocycles. The van der Waals surface area contributed by atoms with Gasteiger partial charge in [-0.25, -0.2) is 0 Å². The third-order valence-electron chi connectivity index (χ3n) is 2.88. The topological polar surface area (TPSA) is 63.9 Å². The minimum atomic E-state index is -0.492. The first-order valence-electron chi connectivity index (χ1n) is 6.21. The van der Waals surface area contributed by atoms with Crippen molar-refractivity contribution in [3.8, 4) is 17.2 Å². The Morgan fingerprint density at radius 3 is 2.00 bits per heavy atom. The van der Waals surface area contributed by atoms with E-state index in [0.717, 1.165) is 18.7 Å². The molecule has 0 saturated carbocycles. The van der Waals surface area contributed by atoms with Gasteiger partial charge in [0.2, 0.25) is 0 Å². The molecule has 19 heavy (non-hydrogen) atoms. The summed E-state index contributed by atoms with van der Waals surface area (Å²) in [6, 6.07) is 12.6. The summed E-state index contributed by atoms with van der Waals surface area (Å²) in [7, 11) is 0. The molecule has 100 valence electrons. The quantitative estimate of drug-likeness (QED) is 0.737. The Morgan fingerprint density at radius 2 is 1.47 bits per heavy atom. The summed E-state index contributed by atoms with van der Waals surface area (Å²) in [4.78, 5) is 1.97. The van der Waals surface area contributed by atoms with Crippen LogP contribution in [-0.2, 0) is 0 Å². The molecule has 0 amide bonds. The molecule has 0 atom stereocenters. The van der Waals surface area contributed by atoms with Crippen LogP contribution in [0.15, 0.2) is 42.5 Å². The van der Waals surface area contributed by atoms with Crippen molar-refractivity contribution in [2.45, 2.75) is 13.3 Å². The molecule has 4 heteroatoms. The fourth-order valence-electron chi connectivity index (χ4n) is 1.98. The van der Waals surface area contributed by atoms with Gasteiger partial charge < -0.3 is 20.2 Å². The molecule has 0 aliphatic heterocycles. The maximum Gasteiger partial charge on any atom is 0.200 e. The van der Waals surface area contributed by atoms with Crippen LogP contribution < -0.4 is 4.90 Å². The lowest BCUT2D eigenvalue weighted by Gasteiger charge is -2.25. The van der Waals surface area contributed by atoms with Crippen molar-refractivity contribution in [3.05, 3.63) is 42.5 Å². The third kappa shape index (κ3) is 2.73. The molecule has 0 aliphatic rings. The van der Waals surface area contributed by atoms with E-state index in [2.05, 4.69) is 6.92 Å². The van der Waals surface area contributed by atoms with Crippen molar-refractivity contribution in [2.75, 3.05) is 11.4 Å². The standard InChI is InChI=1S/C15H17NO3/c1-2-8-16(11-6-4-3-5-7-11)12-9-13(17)15(19)14(18)10-12/h3-7,9-10,17-19H,2,8H2,1H3. The van der Waals surface area contributed by atoms with E-state index >= 15 is 0 Å². The first-order valence-corrected chi connectivity index (χ1v) is 6.21. The van der Waals surface area contributed by atoms with E-state index < -0.39 is 5.75 Å². The van der Waals surface area contributed by atoms with E-state index in [1.807, 2.05) is 35.2 Å². The Labute approximate surface area is 112 Å². The molecule has 0 bridgehead atoms. The summed E-state index contributed by atoms with van der Waals surface area (Å²) in [5.74, 6) is -1.15. The average molecular weight is 259 g/mol. The first kappa shape index (κ1) is 13.1. The number of aromatic hydroxyl groups is 3. The summed E-state index contributed by atoms with van der Waals surface area (Å²) in [6.45, 7) is 2.80. The van der Waals surface area contributed by atoms with Gasteiger partial charge in [0.1, 0.15) is 0 Å².